The Bertz CT molecular complexity index is 537. The van der Waals surface area contributed by atoms with Crippen molar-refractivity contribution in [2.75, 3.05) is 6.54 Å². The minimum Gasteiger partial charge on any atom is -0.446 e. The summed E-state index contributed by atoms with van der Waals surface area (Å²) in [6.45, 7) is 2.24. The number of hydrogen-bond acceptors (Lipinski definition) is 5. The second-order valence-electron chi connectivity index (χ2n) is 4.19. The molecule has 0 aliphatic carbocycles. The van der Waals surface area contributed by atoms with Gasteiger partial charge in [0.25, 0.3) is 5.91 Å². The van der Waals surface area contributed by atoms with Crippen LogP contribution in [0.4, 0.5) is 0 Å². The zero-order valence-electron chi connectivity index (χ0n) is 10.7. The molecule has 2 heterocycles. The number of rotatable bonds is 5. The van der Waals surface area contributed by atoms with E-state index in [1.54, 1.807) is 13.1 Å². The molecule has 0 aliphatic heterocycles. The number of pyridine rings is 1. The Labute approximate surface area is 111 Å². The summed E-state index contributed by atoms with van der Waals surface area (Å²) in [5.74, 6) is 0.0847. The van der Waals surface area contributed by atoms with Gasteiger partial charge >= 0.3 is 0 Å². The van der Waals surface area contributed by atoms with E-state index in [1.807, 2.05) is 18.2 Å². The smallest absolute Gasteiger partial charge is 0.273 e. The monoisotopic (exact) mass is 260 g/mol. The van der Waals surface area contributed by atoms with Gasteiger partial charge in [0.2, 0.25) is 5.89 Å². The quantitative estimate of drug-likeness (QED) is 0.838. The normalized spacial score (nSPS) is 12.1. The van der Waals surface area contributed by atoms with Gasteiger partial charge in [0.15, 0.2) is 5.69 Å². The van der Waals surface area contributed by atoms with Gasteiger partial charge in [-0.05, 0) is 19.1 Å². The second-order valence-corrected chi connectivity index (χ2v) is 4.19. The molecule has 2 rings (SSSR count). The Morgan fingerprint density at radius 1 is 1.53 bits per heavy atom. The Kier molecular flexibility index (Phi) is 4.25. The maximum Gasteiger partial charge on any atom is 0.273 e. The van der Waals surface area contributed by atoms with E-state index in [-0.39, 0.29) is 17.6 Å². The number of amides is 1. The number of oxazole rings is 1. The van der Waals surface area contributed by atoms with E-state index in [9.17, 15) is 4.79 Å². The summed E-state index contributed by atoms with van der Waals surface area (Å²) in [6, 6.07) is 5.36. The average Bonchev–Trinajstić information content (AvgIpc) is 2.89. The lowest BCUT2D eigenvalue weighted by Gasteiger charge is -2.02. The topological polar surface area (TPSA) is 94.0 Å². The molecule has 1 amide bonds. The molecule has 1 unspecified atom stereocenters. The molecule has 0 saturated heterocycles. The highest BCUT2D eigenvalue weighted by molar-refractivity contribution is 5.91. The molecule has 19 heavy (non-hydrogen) atoms. The van der Waals surface area contributed by atoms with Crippen molar-refractivity contribution in [1.29, 1.82) is 0 Å². The Hall–Kier alpha value is -2.21. The summed E-state index contributed by atoms with van der Waals surface area (Å²) >= 11 is 0. The van der Waals surface area contributed by atoms with E-state index in [2.05, 4.69) is 15.3 Å². The predicted molar refractivity (Wildman–Crippen MR) is 69.4 cm³/mol. The van der Waals surface area contributed by atoms with Crippen molar-refractivity contribution in [2.24, 2.45) is 5.73 Å². The van der Waals surface area contributed by atoms with Crippen molar-refractivity contribution >= 4 is 5.91 Å². The molecule has 2 aromatic rings. The molecule has 2 aromatic heterocycles. The lowest BCUT2D eigenvalue weighted by atomic mass is 10.2. The van der Waals surface area contributed by atoms with E-state index in [1.165, 1.54) is 6.26 Å². The highest BCUT2D eigenvalue weighted by atomic mass is 16.3. The van der Waals surface area contributed by atoms with Gasteiger partial charge in [0, 0.05) is 24.9 Å². The lowest BCUT2D eigenvalue weighted by molar-refractivity contribution is 0.0949. The van der Waals surface area contributed by atoms with Crippen LogP contribution in [0.3, 0.4) is 0 Å². The molecular formula is C13H16N4O2. The van der Waals surface area contributed by atoms with Gasteiger partial charge < -0.3 is 15.5 Å². The number of carbonyl (C=O) groups excluding carboxylic acids is 1. The van der Waals surface area contributed by atoms with E-state index in [4.69, 9.17) is 10.2 Å². The summed E-state index contributed by atoms with van der Waals surface area (Å²) < 4.78 is 5.10. The van der Waals surface area contributed by atoms with Gasteiger partial charge in [-0.2, -0.15) is 0 Å². The van der Waals surface area contributed by atoms with Gasteiger partial charge in [-0.15, -0.1) is 0 Å². The van der Waals surface area contributed by atoms with Crippen molar-refractivity contribution in [3.63, 3.8) is 0 Å². The summed E-state index contributed by atoms with van der Waals surface area (Å²) in [4.78, 5) is 20.0. The first-order chi connectivity index (χ1) is 9.16. The number of nitrogens with zero attached hydrogens (tertiary/aromatic N) is 2. The van der Waals surface area contributed by atoms with Crippen molar-refractivity contribution < 1.29 is 9.21 Å². The highest BCUT2D eigenvalue weighted by Gasteiger charge is 2.13. The molecule has 0 aromatic carbocycles. The number of nitrogens with one attached hydrogen (secondary N) is 1. The van der Waals surface area contributed by atoms with Gasteiger partial charge in [-0.3, -0.25) is 9.78 Å². The van der Waals surface area contributed by atoms with Crippen LogP contribution < -0.4 is 11.1 Å². The minimum absolute atomic E-state index is 0.244. The first kappa shape index (κ1) is 13.2. The average molecular weight is 260 g/mol. The van der Waals surface area contributed by atoms with Gasteiger partial charge in [-0.1, -0.05) is 6.07 Å². The van der Waals surface area contributed by atoms with Crippen molar-refractivity contribution in [2.45, 2.75) is 19.4 Å². The van der Waals surface area contributed by atoms with Crippen LogP contribution in [0.15, 0.2) is 35.1 Å². The lowest BCUT2D eigenvalue weighted by Crippen LogP contribution is -2.26. The Balaban J connectivity index is 1.84. The fourth-order valence-electron chi connectivity index (χ4n) is 1.54. The minimum atomic E-state index is -0.324. The SMILES string of the molecule is CC(N)c1nc(C(=O)NCCc2ccccn2)co1. The van der Waals surface area contributed by atoms with Crippen LogP contribution in [-0.2, 0) is 6.42 Å². The number of hydrogen-bond donors (Lipinski definition) is 2. The largest absolute Gasteiger partial charge is 0.446 e. The number of nitrogens with two attached hydrogens (primary N) is 1. The molecular weight excluding hydrogens is 244 g/mol. The summed E-state index contributed by atoms with van der Waals surface area (Å²) in [7, 11) is 0. The zero-order chi connectivity index (χ0) is 13.7. The third-order valence-electron chi connectivity index (χ3n) is 2.54. The van der Waals surface area contributed by atoms with E-state index < -0.39 is 0 Å². The number of aromatic nitrogens is 2. The molecule has 0 bridgehead atoms. The predicted octanol–water partition coefficient (Wildman–Crippen LogP) is 1.06. The summed E-state index contributed by atoms with van der Waals surface area (Å²) in [6.07, 6.45) is 3.71. The maximum absolute atomic E-state index is 11.8. The first-order valence-corrected chi connectivity index (χ1v) is 6.06. The molecule has 6 nitrogen and oxygen atoms in total. The first-order valence-electron chi connectivity index (χ1n) is 6.06. The molecule has 6 heteroatoms. The third kappa shape index (κ3) is 3.62. The van der Waals surface area contributed by atoms with Crippen LogP contribution in [0.1, 0.15) is 35.0 Å². The van der Waals surface area contributed by atoms with Crippen LogP contribution in [0.5, 0.6) is 0 Å². The molecule has 0 aliphatic rings. The molecule has 0 radical (unpaired) electrons. The summed E-state index contributed by atoms with van der Waals surface area (Å²) in [5.41, 5.74) is 6.78. The van der Waals surface area contributed by atoms with Crippen LogP contribution in [0.2, 0.25) is 0 Å². The van der Waals surface area contributed by atoms with Crippen LogP contribution in [-0.4, -0.2) is 22.4 Å². The number of carbonyl (C=O) groups is 1. The molecule has 1 atom stereocenters. The van der Waals surface area contributed by atoms with Gasteiger partial charge in [-0.25, -0.2) is 4.98 Å². The molecule has 0 spiro atoms. The fraction of sp³-hybridized carbons (Fsp3) is 0.308. The van der Waals surface area contributed by atoms with E-state index in [0.717, 1.165) is 5.69 Å². The maximum atomic E-state index is 11.8. The fourth-order valence-corrected chi connectivity index (χ4v) is 1.54. The highest BCUT2D eigenvalue weighted by Crippen LogP contribution is 2.08. The van der Waals surface area contributed by atoms with Gasteiger partial charge in [0.05, 0.1) is 6.04 Å². The van der Waals surface area contributed by atoms with Crippen LogP contribution in [0, 0.1) is 0 Å². The standard InChI is InChI=1S/C13H16N4O2/c1-9(14)13-17-11(8-19-13)12(18)16-7-5-10-4-2-3-6-15-10/h2-4,6,8-9H,5,7,14H2,1H3,(H,16,18). The molecule has 0 saturated carbocycles. The second kappa shape index (κ2) is 6.10. The van der Waals surface area contributed by atoms with E-state index >= 15 is 0 Å². The van der Waals surface area contributed by atoms with Gasteiger partial charge in [0.1, 0.15) is 6.26 Å². The molecule has 100 valence electrons. The van der Waals surface area contributed by atoms with Crippen molar-refractivity contribution in [1.82, 2.24) is 15.3 Å². The summed E-state index contributed by atoms with van der Waals surface area (Å²) in [5, 5.41) is 2.76. The molecule has 3 N–H and O–H groups in total. The van der Waals surface area contributed by atoms with Crippen LogP contribution in [0.25, 0.3) is 0 Å². The Morgan fingerprint density at radius 3 is 3.00 bits per heavy atom. The molecule has 0 fully saturated rings. The van der Waals surface area contributed by atoms with E-state index in [0.29, 0.717) is 18.9 Å². The third-order valence-corrected chi connectivity index (χ3v) is 2.54. The van der Waals surface area contributed by atoms with Crippen molar-refractivity contribution in [3.05, 3.63) is 47.9 Å². The Morgan fingerprint density at radius 2 is 2.37 bits per heavy atom. The zero-order valence-corrected chi connectivity index (χ0v) is 10.7. The van der Waals surface area contributed by atoms with Crippen LogP contribution >= 0.6 is 0 Å². The van der Waals surface area contributed by atoms with Crippen molar-refractivity contribution in [3.8, 4) is 0 Å².